The molecule has 2 aromatic rings. The highest BCUT2D eigenvalue weighted by Gasteiger charge is 2.30. The van der Waals surface area contributed by atoms with Gasteiger partial charge in [0.05, 0.1) is 10.9 Å². The van der Waals surface area contributed by atoms with E-state index in [-0.39, 0.29) is 4.90 Å². The van der Waals surface area contributed by atoms with Gasteiger partial charge in [-0.15, -0.1) is 0 Å². The Kier molecular flexibility index (Phi) is 3.91. The number of fused-ring (bicyclic) bond motifs is 1. The fourth-order valence-electron chi connectivity index (χ4n) is 2.81. The quantitative estimate of drug-likeness (QED) is 0.948. The van der Waals surface area contributed by atoms with Crippen LogP contribution in [0.4, 0.5) is 4.39 Å². The first-order valence-electron chi connectivity index (χ1n) is 7.07. The fourth-order valence-corrected chi connectivity index (χ4v) is 4.33. The summed E-state index contributed by atoms with van der Waals surface area (Å²) in [5, 5.41) is 1.35. The second-order valence-corrected chi connectivity index (χ2v) is 7.06. The van der Waals surface area contributed by atoms with Gasteiger partial charge in [0.25, 0.3) is 0 Å². The van der Waals surface area contributed by atoms with Crippen LogP contribution in [0.25, 0.3) is 10.8 Å². The molecule has 3 rings (SSSR count). The van der Waals surface area contributed by atoms with Crippen molar-refractivity contribution in [2.45, 2.75) is 42.8 Å². The van der Waals surface area contributed by atoms with Crippen molar-refractivity contribution in [1.82, 2.24) is 9.71 Å². The molecule has 1 aliphatic carbocycles. The summed E-state index contributed by atoms with van der Waals surface area (Å²) in [7, 11) is -3.74. The van der Waals surface area contributed by atoms with Gasteiger partial charge in [-0.1, -0.05) is 25.0 Å². The molecule has 112 valence electrons. The maximum Gasteiger partial charge on any atom is 0.241 e. The molecule has 0 saturated heterocycles. The van der Waals surface area contributed by atoms with Crippen molar-refractivity contribution >= 4 is 20.8 Å². The highest BCUT2D eigenvalue weighted by molar-refractivity contribution is 7.89. The van der Waals surface area contributed by atoms with E-state index in [1.807, 2.05) is 0 Å². The summed E-state index contributed by atoms with van der Waals surface area (Å²) < 4.78 is 41.5. The number of rotatable bonds is 3. The first-order chi connectivity index (χ1) is 10.1. The fraction of sp³-hybridized carbons (Fsp3) is 0.400. The van der Waals surface area contributed by atoms with Crippen molar-refractivity contribution in [1.29, 1.82) is 0 Å². The van der Waals surface area contributed by atoms with Crippen molar-refractivity contribution in [3.8, 4) is 0 Å². The molecule has 1 saturated carbocycles. The van der Waals surface area contributed by atoms with Crippen LogP contribution in [0, 0.1) is 0 Å². The third-order valence-corrected chi connectivity index (χ3v) is 5.47. The average Bonchev–Trinajstić information content (AvgIpc) is 2.49. The van der Waals surface area contributed by atoms with Gasteiger partial charge in [0.1, 0.15) is 6.17 Å². The normalized spacial score (nSPS) is 23.3. The molecule has 2 atom stereocenters. The summed E-state index contributed by atoms with van der Waals surface area (Å²) in [4.78, 5) is 4.17. The number of aromatic nitrogens is 1. The highest BCUT2D eigenvalue weighted by atomic mass is 32.2. The molecule has 6 heteroatoms. The Bertz CT molecular complexity index is 743. The Morgan fingerprint density at radius 3 is 2.81 bits per heavy atom. The Balaban J connectivity index is 1.97. The van der Waals surface area contributed by atoms with Crippen LogP contribution >= 0.6 is 0 Å². The molecule has 0 unspecified atom stereocenters. The van der Waals surface area contributed by atoms with Crippen molar-refractivity contribution in [2.75, 3.05) is 0 Å². The van der Waals surface area contributed by atoms with Crippen LogP contribution in [0.3, 0.4) is 0 Å². The minimum Gasteiger partial charge on any atom is -0.264 e. The van der Waals surface area contributed by atoms with Gasteiger partial charge in [0.2, 0.25) is 10.0 Å². The van der Waals surface area contributed by atoms with E-state index in [1.54, 1.807) is 36.7 Å². The molecule has 1 aromatic carbocycles. The molecule has 0 spiro atoms. The second-order valence-electron chi connectivity index (χ2n) is 5.38. The third-order valence-electron chi connectivity index (χ3n) is 3.92. The number of hydrogen-bond donors (Lipinski definition) is 1. The molecule has 1 fully saturated rings. The molecule has 1 heterocycles. The lowest BCUT2D eigenvalue weighted by Gasteiger charge is -2.26. The Hall–Kier alpha value is -1.53. The zero-order chi connectivity index (χ0) is 14.9. The lowest BCUT2D eigenvalue weighted by molar-refractivity contribution is 0.206. The Labute approximate surface area is 123 Å². The van der Waals surface area contributed by atoms with Crippen LogP contribution in [0.1, 0.15) is 25.7 Å². The molecule has 1 N–H and O–H groups in total. The van der Waals surface area contributed by atoms with Gasteiger partial charge < -0.3 is 0 Å². The molecule has 0 bridgehead atoms. The Morgan fingerprint density at radius 2 is 2.00 bits per heavy atom. The monoisotopic (exact) mass is 308 g/mol. The van der Waals surface area contributed by atoms with E-state index >= 15 is 0 Å². The lowest BCUT2D eigenvalue weighted by Crippen LogP contribution is -2.43. The van der Waals surface area contributed by atoms with Crippen LogP contribution in [0.2, 0.25) is 0 Å². The molecule has 0 aliphatic heterocycles. The van der Waals surface area contributed by atoms with E-state index in [0.29, 0.717) is 18.2 Å². The number of pyridine rings is 1. The number of nitrogens with one attached hydrogen (secondary N) is 1. The third kappa shape index (κ3) is 2.91. The minimum atomic E-state index is -3.74. The summed E-state index contributed by atoms with van der Waals surface area (Å²) in [5.41, 5.74) is 0. The van der Waals surface area contributed by atoms with E-state index in [1.165, 1.54) is 0 Å². The first-order valence-corrected chi connectivity index (χ1v) is 8.55. The van der Waals surface area contributed by atoms with Gasteiger partial charge in [-0.05, 0) is 25.0 Å². The van der Waals surface area contributed by atoms with Crippen molar-refractivity contribution in [2.24, 2.45) is 0 Å². The number of alkyl halides is 1. The number of nitrogens with zero attached hydrogens (tertiary/aromatic N) is 1. The van der Waals surface area contributed by atoms with Crippen molar-refractivity contribution in [3.63, 3.8) is 0 Å². The van der Waals surface area contributed by atoms with E-state index in [9.17, 15) is 12.8 Å². The van der Waals surface area contributed by atoms with Gasteiger partial charge in [-0.2, -0.15) is 0 Å². The van der Waals surface area contributed by atoms with E-state index in [4.69, 9.17) is 0 Å². The summed E-state index contributed by atoms with van der Waals surface area (Å²) in [6.07, 6.45) is 4.71. The van der Waals surface area contributed by atoms with Gasteiger partial charge in [-0.3, -0.25) is 4.98 Å². The number of hydrogen-bond acceptors (Lipinski definition) is 3. The predicted molar refractivity (Wildman–Crippen MR) is 79.2 cm³/mol. The van der Waals surface area contributed by atoms with Crippen molar-refractivity contribution < 1.29 is 12.8 Å². The first kappa shape index (κ1) is 14.4. The molecule has 1 aliphatic rings. The number of benzene rings is 1. The lowest BCUT2D eigenvalue weighted by atomic mass is 9.95. The van der Waals surface area contributed by atoms with Crippen LogP contribution in [0.15, 0.2) is 41.6 Å². The summed E-state index contributed by atoms with van der Waals surface area (Å²) in [6.45, 7) is 0. The molecule has 4 nitrogen and oxygen atoms in total. The summed E-state index contributed by atoms with van der Waals surface area (Å²) in [5.74, 6) is 0. The molecule has 21 heavy (non-hydrogen) atoms. The summed E-state index contributed by atoms with van der Waals surface area (Å²) >= 11 is 0. The van der Waals surface area contributed by atoms with Crippen LogP contribution < -0.4 is 4.72 Å². The van der Waals surface area contributed by atoms with Crippen LogP contribution in [-0.2, 0) is 10.0 Å². The van der Waals surface area contributed by atoms with Gasteiger partial charge >= 0.3 is 0 Å². The minimum absolute atomic E-state index is 0.181. The molecular weight excluding hydrogens is 291 g/mol. The number of halogens is 1. The molecule has 1 aromatic heterocycles. The Morgan fingerprint density at radius 1 is 1.19 bits per heavy atom. The standard InChI is InChI=1S/C15H17FN2O2S/c16-13-5-1-2-6-14(13)18-21(19,20)15-7-3-4-11-10-17-9-8-12(11)15/h3-4,7-10,13-14,18H,1-2,5-6H2/t13-,14-/m1/s1. The topological polar surface area (TPSA) is 59.1 Å². The number of sulfonamides is 1. The van der Waals surface area contributed by atoms with Gasteiger partial charge in [0.15, 0.2) is 0 Å². The predicted octanol–water partition coefficient (Wildman–Crippen LogP) is 2.79. The highest BCUT2D eigenvalue weighted by Crippen LogP contribution is 2.26. The maximum atomic E-state index is 13.9. The van der Waals surface area contributed by atoms with E-state index in [2.05, 4.69) is 9.71 Å². The molecule has 0 radical (unpaired) electrons. The zero-order valence-electron chi connectivity index (χ0n) is 11.5. The van der Waals surface area contributed by atoms with Gasteiger partial charge in [0, 0.05) is 23.2 Å². The average molecular weight is 308 g/mol. The van der Waals surface area contributed by atoms with Gasteiger partial charge in [-0.25, -0.2) is 17.5 Å². The molecular formula is C15H17FN2O2S. The van der Waals surface area contributed by atoms with Crippen LogP contribution in [-0.4, -0.2) is 25.6 Å². The SMILES string of the molecule is O=S(=O)(N[C@@H]1CCCC[C@H]1F)c1cccc2cnccc12. The second kappa shape index (κ2) is 5.69. The van der Waals surface area contributed by atoms with E-state index < -0.39 is 22.2 Å². The molecule has 0 amide bonds. The largest absolute Gasteiger partial charge is 0.264 e. The maximum absolute atomic E-state index is 13.9. The zero-order valence-corrected chi connectivity index (χ0v) is 12.3. The van der Waals surface area contributed by atoms with Crippen molar-refractivity contribution in [3.05, 3.63) is 36.7 Å². The van der Waals surface area contributed by atoms with E-state index in [0.717, 1.165) is 18.2 Å². The summed E-state index contributed by atoms with van der Waals surface area (Å²) in [6, 6.07) is 6.06. The van der Waals surface area contributed by atoms with Crippen LogP contribution in [0.5, 0.6) is 0 Å². The smallest absolute Gasteiger partial charge is 0.241 e.